The average Bonchev–Trinajstić information content (AvgIpc) is 3.25. The van der Waals surface area contributed by atoms with Crippen LogP contribution in [0.2, 0.25) is 0 Å². The van der Waals surface area contributed by atoms with Crippen molar-refractivity contribution in [1.82, 2.24) is 5.32 Å². The Morgan fingerprint density at radius 1 is 1.17 bits per heavy atom. The Kier molecular flexibility index (Phi) is 5.80. The Bertz CT molecular complexity index is 970. The van der Waals surface area contributed by atoms with Crippen molar-refractivity contribution in [1.29, 1.82) is 0 Å². The van der Waals surface area contributed by atoms with Gasteiger partial charge in [0.1, 0.15) is 11.8 Å². The van der Waals surface area contributed by atoms with Crippen molar-refractivity contribution in [2.75, 3.05) is 13.2 Å². The van der Waals surface area contributed by atoms with Crippen LogP contribution in [0.5, 0.6) is 5.75 Å². The molecule has 1 fully saturated rings. The topological polar surface area (TPSA) is 98.8 Å². The third-order valence-electron chi connectivity index (χ3n) is 4.73. The first kappa shape index (κ1) is 22.4. The Morgan fingerprint density at radius 3 is 2.43 bits per heavy atom. The zero-order valence-corrected chi connectivity index (χ0v) is 16.0. The molecule has 0 radical (unpaired) electrons. The fraction of sp³-hybridized carbons (Fsp3) is 0.529. The van der Waals surface area contributed by atoms with Crippen LogP contribution < -0.4 is 9.50 Å². The van der Waals surface area contributed by atoms with Crippen molar-refractivity contribution in [3.05, 3.63) is 28.8 Å². The smallest absolute Gasteiger partial charge is 0.456 e. The van der Waals surface area contributed by atoms with Crippen LogP contribution in [0.25, 0.3) is 0 Å². The van der Waals surface area contributed by atoms with E-state index < -0.39 is 70.1 Å². The molecule has 30 heavy (non-hydrogen) atoms. The third-order valence-corrected chi connectivity index (χ3v) is 5.70. The first-order valence-corrected chi connectivity index (χ1v) is 10.2. The SMILES string of the molecule is O=C(COC(=O)[C@@H]1CCCN1)c1ccc(OS(=O)(=O)C(F)(F)F)c2c1CC(F)(F)C2. The molecule has 2 aliphatic rings. The molecule has 0 spiro atoms. The normalized spacial score (nSPS) is 20.6. The Balaban J connectivity index is 1.84. The highest BCUT2D eigenvalue weighted by Gasteiger charge is 2.50. The highest BCUT2D eigenvalue weighted by Crippen LogP contribution is 2.42. The zero-order chi connectivity index (χ0) is 22.3. The van der Waals surface area contributed by atoms with Crippen molar-refractivity contribution in [3.63, 3.8) is 0 Å². The van der Waals surface area contributed by atoms with E-state index in [1.807, 2.05) is 0 Å². The summed E-state index contributed by atoms with van der Waals surface area (Å²) in [6, 6.07) is 1.01. The van der Waals surface area contributed by atoms with Gasteiger partial charge >= 0.3 is 21.6 Å². The molecule has 0 bridgehead atoms. The number of carbonyl (C=O) groups is 2. The van der Waals surface area contributed by atoms with Crippen LogP contribution in [-0.4, -0.2) is 50.8 Å². The average molecular weight is 457 g/mol. The number of esters is 1. The van der Waals surface area contributed by atoms with Crippen LogP contribution >= 0.6 is 0 Å². The van der Waals surface area contributed by atoms with Gasteiger partial charge in [-0.2, -0.15) is 21.6 Å². The van der Waals surface area contributed by atoms with E-state index in [0.717, 1.165) is 12.5 Å². The monoisotopic (exact) mass is 457 g/mol. The molecule has 166 valence electrons. The predicted molar refractivity (Wildman–Crippen MR) is 90.7 cm³/mol. The van der Waals surface area contributed by atoms with Gasteiger partial charge in [-0.05, 0) is 37.1 Å². The fourth-order valence-corrected chi connectivity index (χ4v) is 3.84. The van der Waals surface area contributed by atoms with Crippen LogP contribution in [0, 0.1) is 0 Å². The molecular formula is C17H16F5NO6S. The molecule has 0 aromatic heterocycles. The molecule has 1 aliphatic carbocycles. The molecule has 13 heteroatoms. The molecule has 0 unspecified atom stereocenters. The number of ether oxygens (including phenoxy) is 1. The lowest BCUT2D eigenvalue weighted by atomic mass is 9.99. The van der Waals surface area contributed by atoms with Gasteiger partial charge in [0.15, 0.2) is 6.61 Å². The number of alkyl halides is 5. The number of Topliss-reactive ketones (excluding diaryl/α,β-unsaturated/α-hetero) is 1. The molecule has 1 saturated heterocycles. The van der Waals surface area contributed by atoms with Crippen LogP contribution in [-0.2, 0) is 32.5 Å². The molecule has 1 heterocycles. The minimum atomic E-state index is -6.08. The quantitative estimate of drug-likeness (QED) is 0.230. The number of carbonyl (C=O) groups excluding carboxylic acids is 2. The van der Waals surface area contributed by atoms with Crippen LogP contribution in [0.3, 0.4) is 0 Å². The minimum absolute atomic E-state index is 0.300. The van der Waals surface area contributed by atoms with Crippen molar-refractivity contribution < 1.29 is 48.9 Å². The molecule has 0 saturated carbocycles. The van der Waals surface area contributed by atoms with Gasteiger partial charge in [-0.15, -0.1) is 0 Å². The van der Waals surface area contributed by atoms with E-state index in [4.69, 9.17) is 4.74 Å². The van der Waals surface area contributed by atoms with E-state index in [1.54, 1.807) is 0 Å². The molecule has 1 aromatic rings. The van der Waals surface area contributed by atoms with Crippen LogP contribution in [0.15, 0.2) is 12.1 Å². The number of hydrogen-bond donors (Lipinski definition) is 1. The van der Waals surface area contributed by atoms with Crippen LogP contribution in [0.1, 0.15) is 34.3 Å². The lowest BCUT2D eigenvalue weighted by Gasteiger charge is -2.15. The molecule has 1 atom stereocenters. The van der Waals surface area contributed by atoms with E-state index in [1.165, 1.54) is 0 Å². The molecule has 1 aromatic carbocycles. The van der Waals surface area contributed by atoms with Crippen LogP contribution in [0.4, 0.5) is 22.0 Å². The second-order valence-electron chi connectivity index (χ2n) is 6.94. The largest absolute Gasteiger partial charge is 0.534 e. The number of rotatable bonds is 6. The Morgan fingerprint density at radius 2 is 1.83 bits per heavy atom. The molecule has 3 rings (SSSR count). The first-order chi connectivity index (χ1) is 13.8. The van der Waals surface area contributed by atoms with E-state index >= 15 is 0 Å². The summed E-state index contributed by atoms with van der Waals surface area (Å²) in [7, 11) is -6.08. The first-order valence-electron chi connectivity index (χ1n) is 8.77. The maximum absolute atomic E-state index is 13.9. The highest BCUT2D eigenvalue weighted by molar-refractivity contribution is 7.88. The minimum Gasteiger partial charge on any atom is -0.456 e. The van der Waals surface area contributed by atoms with Gasteiger partial charge in [-0.3, -0.25) is 9.59 Å². The van der Waals surface area contributed by atoms with Gasteiger partial charge in [0, 0.05) is 24.0 Å². The molecule has 1 N–H and O–H groups in total. The van der Waals surface area contributed by atoms with Gasteiger partial charge in [-0.25, -0.2) is 8.78 Å². The Hall–Kier alpha value is -2.28. The van der Waals surface area contributed by atoms with E-state index in [0.29, 0.717) is 19.0 Å². The highest BCUT2D eigenvalue weighted by atomic mass is 32.2. The fourth-order valence-electron chi connectivity index (χ4n) is 3.35. The Labute approximate surface area is 167 Å². The summed E-state index contributed by atoms with van der Waals surface area (Å²) in [5.41, 5.74) is -6.90. The van der Waals surface area contributed by atoms with Gasteiger partial charge in [-0.1, -0.05) is 0 Å². The number of nitrogens with one attached hydrogen (secondary N) is 1. The van der Waals surface area contributed by atoms with Crippen molar-refractivity contribution in [3.8, 4) is 5.75 Å². The van der Waals surface area contributed by atoms with Gasteiger partial charge in [0.25, 0.3) is 5.92 Å². The number of hydrogen-bond acceptors (Lipinski definition) is 7. The summed E-state index contributed by atoms with van der Waals surface area (Å²) in [6.45, 7) is -0.144. The molecule has 7 nitrogen and oxygen atoms in total. The summed E-state index contributed by atoms with van der Waals surface area (Å²) in [5, 5.41) is 2.86. The summed E-state index contributed by atoms with van der Waals surface area (Å²) in [4.78, 5) is 24.3. The standard InChI is InChI=1S/C17H16F5NO6S/c18-16(19)6-10-9(13(24)8-28-15(25)12-2-1-5-23-12)3-4-14(11(10)7-16)29-30(26,27)17(20,21)22/h3-4,12,23H,1-2,5-8H2/t12-/m0/s1. The maximum Gasteiger partial charge on any atom is 0.534 e. The molecule has 0 amide bonds. The van der Waals surface area contributed by atoms with Crippen molar-refractivity contribution in [2.45, 2.75) is 43.2 Å². The summed E-state index contributed by atoms with van der Waals surface area (Å²) in [6.07, 6.45) is -0.824. The maximum atomic E-state index is 13.9. The zero-order valence-electron chi connectivity index (χ0n) is 15.2. The van der Waals surface area contributed by atoms with Gasteiger partial charge in [0.2, 0.25) is 5.78 Å². The van der Waals surface area contributed by atoms with Crippen molar-refractivity contribution >= 4 is 21.9 Å². The lowest BCUT2D eigenvalue weighted by molar-refractivity contribution is -0.144. The lowest BCUT2D eigenvalue weighted by Crippen LogP contribution is -2.33. The second kappa shape index (κ2) is 7.76. The molecular weight excluding hydrogens is 441 g/mol. The summed E-state index contributed by atoms with van der Waals surface area (Å²) in [5.74, 6) is -5.87. The predicted octanol–water partition coefficient (Wildman–Crippen LogP) is 2.13. The molecule has 1 aliphatic heterocycles. The number of ketones is 1. The number of halogens is 5. The third kappa shape index (κ3) is 4.56. The van der Waals surface area contributed by atoms with E-state index in [2.05, 4.69) is 9.50 Å². The van der Waals surface area contributed by atoms with Crippen molar-refractivity contribution in [2.24, 2.45) is 0 Å². The second-order valence-corrected chi connectivity index (χ2v) is 8.48. The number of fused-ring (bicyclic) bond motifs is 1. The summed E-state index contributed by atoms with van der Waals surface area (Å²) < 4.78 is 96.9. The number of benzene rings is 1. The van der Waals surface area contributed by atoms with Gasteiger partial charge < -0.3 is 14.2 Å². The van der Waals surface area contributed by atoms with E-state index in [9.17, 15) is 40.0 Å². The summed E-state index contributed by atoms with van der Waals surface area (Å²) >= 11 is 0. The van der Waals surface area contributed by atoms with E-state index in [-0.39, 0.29) is 11.1 Å². The van der Waals surface area contributed by atoms with Gasteiger partial charge in [0.05, 0.1) is 0 Å².